The molecule has 6 aromatic heterocycles. The number of nitrogens with zero attached hydrogens (tertiary/aromatic N) is 12. The van der Waals surface area contributed by atoms with E-state index in [1.807, 2.05) is 0 Å². The van der Waals surface area contributed by atoms with Gasteiger partial charge in [0.1, 0.15) is 30.6 Å². The fourth-order valence-electron chi connectivity index (χ4n) is 6.89. The van der Waals surface area contributed by atoms with Crippen LogP contribution in [0, 0.1) is 31.9 Å². The van der Waals surface area contributed by atoms with Crippen molar-refractivity contribution in [3.8, 4) is 23.4 Å². The molecule has 8 aromatic rings. The molecule has 2 atom stereocenters. The first kappa shape index (κ1) is 37.3. The molecule has 2 aliphatic rings. The van der Waals surface area contributed by atoms with Crippen molar-refractivity contribution < 1.29 is 28.1 Å². The minimum Gasteiger partial charge on any atom is -0.490 e. The normalized spacial score (nSPS) is 15.4. The number of imidazole rings is 2. The molecule has 8 heterocycles. The van der Waals surface area contributed by atoms with Gasteiger partial charge in [0.2, 0.25) is 23.5 Å². The number of nitrogens with one attached hydrogen (secondary N) is 2. The molecular formula is C38H28F2N14O6. The number of ether oxygens (including phenoxy) is 2. The van der Waals surface area contributed by atoms with Gasteiger partial charge in [-0.05, 0) is 24.3 Å². The van der Waals surface area contributed by atoms with Crippen molar-refractivity contribution in [2.45, 2.75) is 24.9 Å². The van der Waals surface area contributed by atoms with E-state index < -0.39 is 33.6 Å². The Balaban J connectivity index is 0.000000154. The summed E-state index contributed by atoms with van der Waals surface area (Å²) in [5.74, 6) is -0.199. The van der Waals surface area contributed by atoms with Crippen molar-refractivity contribution in [3.05, 3.63) is 141 Å². The summed E-state index contributed by atoms with van der Waals surface area (Å²) in [4.78, 5) is 55.6. The Kier molecular flexibility index (Phi) is 9.67. The average Bonchev–Trinajstić information content (AvgIpc) is 3.90. The van der Waals surface area contributed by atoms with Crippen molar-refractivity contribution >= 4 is 45.1 Å². The number of anilines is 2. The fourth-order valence-corrected chi connectivity index (χ4v) is 6.89. The molecule has 0 fully saturated rings. The summed E-state index contributed by atoms with van der Waals surface area (Å²) in [5, 5.41) is 29.2. The second-order valence-corrected chi connectivity index (χ2v) is 13.3. The highest BCUT2D eigenvalue weighted by atomic mass is 19.1. The van der Waals surface area contributed by atoms with Gasteiger partial charge in [-0.3, -0.25) is 39.3 Å². The molecule has 0 amide bonds. The highest BCUT2D eigenvalue weighted by Gasteiger charge is 2.30. The highest BCUT2D eigenvalue weighted by Crippen LogP contribution is 2.39. The third kappa shape index (κ3) is 7.01. The van der Waals surface area contributed by atoms with Crippen LogP contribution < -0.4 is 20.1 Å². The monoisotopic (exact) mass is 814 g/mol. The minimum absolute atomic E-state index is 0.0258. The van der Waals surface area contributed by atoms with Gasteiger partial charge in [-0.15, -0.1) is 0 Å². The zero-order valence-corrected chi connectivity index (χ0v) is 30.8. The maximum Gasteiger partial charge on any atom is 0.329 e. The van der Waals surface area contributed by atoms with E-state index in [0.29, 0.717) is 46.0 Å². The molecule has 2 aliphatic heterocycles. The summed E-state index contributed by atoms with van der Waals surface area (Å²) in [6, 6.07) is 11.9. The van der Waals surface area contributed by atoms with Gasteiger partial charge in [-0.1, -0.05) is 24.3 Å². The molecule has 0 saturated heterocycles. The number of rotatable bonds is 8. The maximum atomic E-state index is 14.1. The zero-order valence-electron chi connectivity index (χ0n) is 30.8. The van der Waals surface area contributed by atoms with Gasteiger partial charge in [0.05, 0.1) is 64.1 Å². The quantitative estimate of drug-likeness (QED) is 0.125. The molecule has 22 heteroatoms. The van der Waals surface area contributed by atoms with Crippen molar-refractivity contribution in [2.75, 3.05) is 23.8 Å². The Labute approximate surface area is 335 Å². The SMILES string of the molecule is O=[N+]([O-])c1cnc(-n2cnc3ccncc32)nc1N[C@@H]1CCOc2c(F)cccc21.O=[N+]([O-])c1cnc(-n2cnc3cnccc32)nc1N[C@@H]1CCOc2c(F)cccc21. The summed E-state index contributed by atoms with van der Waals surface area (Å²) in [6.07, 6.45) is 12.7. The van der Waals surface area contributed by atoms with Crippen molar-refractivity contribution in [3.63, 3.8) is 0 Å². The van der Waals surface area contributed by atoms with E-state index in [0.717, 1.165) is 12.4 Å². The highest BCUT2D eigenvalue weighted by molar-refractivity contribution is 5.76. The number of pyridine rings is 2. The smallest absolute Gasteiger partial charge is 0.329 e. The van der Waals surface area contributed by atoms with E-state index in [-0.39, 0.29) is 59.6 Å². The molecular weight excluding hydrogens is 787 g/mol. The maximum absolute atomic E-state index is 14.1. The van der Waals surface area contributed by atoms with Crippen LogP contribution in [0.2, 0.25) is 0 Å². The number of hydrogen-bond donors (Lipinski definition) is 2. The number of nitro groups is 2. The lowest BCUT2D eigenvalue weighted by Gasteiger charge is -2.27. The van der Waals surface area contributed by atoms with Gasteiger partial charge in [0.15, 0.2) is 23.1 Å². The van der Waals surface area contributed by atoms with Crippen LogP contribution >= 0.6 is 0 Å². The molecule has 0 aliphatic carbocycles. The standard InChI is InChI=1S/2C19H14FN7O3/c20-12-3-1-2-11-13(5-7-30-17(11)12)24-18-16(27(28)29)9-22-19(25-18)26-10-23-14-8-21-6-4-15(14)26;20-12-3-1-2-11-13(5-7-30-17(11)12)24-18-16(27(28)29)9-22-19(25-18)26-10-23-14-4-6-21-8-15(14)26/h2*1-4,6,8-10,13H,5,7H2,(H,22,24,25)/t2*13-/m11/s1. The molecule has 60 heavy (non-hydrogen) atoms. The van der Waals surface area contributed by atoms with Gasteiger partial charge in [0.25, 0.3) is 0 Å². The number of benzene rings is 2. The zero-order chi connectivity index (χ0) is 41.3. The fraction of sp³-hybridized carbons (Fsp3) is 0.158. The first-order valence-corrected chi connectivity index (χ1v) is 18.2. The minimum atomic E-state index is -0.564. The van der Waals surface area contributed by atoms with E-state index in [2.05, 4.69) is 50.5 Å². The number of fused-ring (bicyclic) bond motifs is 4. The van der Waals surface area contributed by atoms with Crippen LogP contribution in [0.3, 0.4) is 0 Å². The molecule has 0 unspecified atom stereocenters. The summed E-state index contributed by atoms with van der Waals surface area (Å²) in [7, 11) is 0. The van der Waals surface area contributed by atoms with Gasteiger partial charge >= 0.3 is 11.4 Å². The summed E-state index contributed by atoms with van der Waals surface area (Å²) < 4.78 is 42.2. The summed E-state index contributed by atoms with van der Waals surface area (Å²) >= 11 is 0. The van der Waals surface area contributed by atoms with E-state index in [4.69, 9.17) is 9.47 Å². The van der Waals surface area contributed by atoms with E-state index >= 15 is 0 Å². The summed E-state index contributed by atoms with van der Waals surface area (Å²) in [5.41, 5.74) is 3.29. The van der Waals surface area contributed by atoms with E-state index in [9.17, 15) is 29.0 Å². The molecule has 0 saturated carbocycles. The lowest BCUT2D eigenvalue weighted by Crippen LogP contribution is -2.22. The Morgan fingerprint density at radius 2 is 1.15 bits per heavy atom. The lowest BCUT2D eigenvalue weighted by molar-refractivity contribution is -0.384. The molecule has 2 aromatic carbocycles. The predicted molar refractivity (Wildman–Crippen MR) is 208 cm³/mol. The number of hydrogen-bond acceptors (Lipinski definition) is 16. The van der Waals surface area contributed by atoms with Gasteiger partial charge in [-0.2, -0.15) is 9.97 Å². The molecule has 0 radical (unpaired) electrons. The van der Waals surface area contributed by atoms with Crippen LogP contribution in [0.5, 0.6) is 11.5 Å². The van der Waals surface area contributed by atoms with Crippen molar-refractivity contribution in [2.24, 2.45) is 0 Å². The van der Waals surface area contributed by atoms with Crippen LogP contribution in [-0.4, -0.2) is 72.1 Å². The Morgan fingerprint density at radius 1 is 0.633 bits per heavy atom. The Hall–Kier alpha value is -8.30. The van der Waals surface area contributed by atoms with Crippen LogP contribution in [0.15, 0.2) is 98.4 Å². The third-order valence-corrected chi connectivity index (χ3v) is 9.71. The summed E-state index contributed by atoms with van der Waals surface area (Å²) in [6.45, 7) is 0.547. The first-order valence-electron chi connectivity index (χ1n) is 18.2. The van der Waals surface area contributed by atoms with Crippen molar-refractivity contribution in [1.29, 1.82) is 0 Å². The van der Waals surface area contributed by atoms with E-state index in [1.165, 1.54) is 24.8 Å². The molecule has 2 N–H and O–H groups in total. The second-order valence-electron chi connectivity index (χ2n) is 13.3. The Morgan fingerprint density at radius 3 is 1.72 bits per heavy atom. The molecule has 0 bridgehead atoms. The largest absolute Gasteiger partial charge is 0.490 e. The number of aromatic nitrogens is 10. The number of halogens is 2. The third-order valence-electron chi connectivity index (χ3n) is 9.71. The van der Waals surface area contributed by atoms with Crippen molar-refractivity contribution in [1.82, 2.24) is 49.0 Å². The van der Waals surface area contributed by atoms with Gasteiger partial charge in [-0.25, -0.2) is 28.7 Å². The van der Waals surface area contributed by atoms with Crippen LogP contribution in [0.1, 0.15) is 36.1 Å². The lowest BCUT2D eigenvalue weighted by atomic mass is 10.0. The molecule has 0 spiro atoms. The average molecular weight is 815 g/mol. The van der Waals surface area contributed by atoms with Gasteiger partial charge in [0, 0.05) is 36.4 Å². The molecule has 300 valence electrons. The van der Waals surface area contributed by atoms with E-state index in [1.54, 1.807) is 70.3 Å². The number of para-hydroxylation sites is 2. The van der Waals surface area contributed by atoms with Crippen LogP contribution in [0.4, 0.5) is 31.8 Å². The predicted octanol–water partition coefficient (Wildman–Crippen LogP) is 6.39. The van der Waals surface area contributed by atoms with Crippen LogP contribution in [0.25, 0.3) is 34.0 Å². The Bertz CT molecular complexity index is 2750. The first-order chi connectivity index (χ1) is 29.2. The molecule has 10 rings (SSSR count). The topological polar surface area (TPSA) is 242 Å². The van der Waals surface area contributed by atoms with Crippen LogP contribution in [-0.2, 0) is 0 Å². The molecule has 20 nitrogen and oxygen atoms in total. The van der Waals surface area contributed by atoms with Gasteiger partial charge < -0.3 is 20.1 Å². The second kappa shape index (κ2) is 15.6.